The van der Waals surface area contributed by atoms with Crippen LogP contribution in [0.25, 0.3) is 0 Å². The maximum atomic E-state index is 6.02. The topological polar surface area (TPSA) is 27.1 Å². The molecule has 0 aliphatic rings. The predicted molar refractivity (Wildman–Crippen MR) is 68.4 cm³/mol. The van der Waals surface area contributed by atoms with E-state index in [2.05, 4.69) is 23.4 Å². The second kappa shape index (κ2) is 5.23. The van der Waals surface area contributed by atoms with Crippen LogP contribution in [0.15, 0.2) is 36.8 Å². The summed E-state index contributed by atoms with van der Waals surface area (Å²) in [6.07, 6.45) is 3.63. The highest BCUT2D eigenvalue weighted by atomic mass is 35.5. The van der Waals surface area contributed by atoms with Gasteiger partial charge < -0.3 is 9.30 Å². The van der Waals surface area contributed by atoms with Gasteiger partial charge in [0.2, 0.25) is 0 Å². The summed E-state index contributed by atoms with van der Waals surface area (Å²) in [5.74, 6) is 0.700. The Morgan fingerprint density at radius 1 is 1.35 bits per heavy atom. The number of rotatable bonds is 4. The Kier molecular flexibility index (Phi) is 3.69. The number of imidazole rings is 1. The van der Waals surface area contributed by atoms with Crippen molar-refractivity contribution in [2.45, 2.75) is 26.5 Å². The van der Waals surface area contributed by atoms with Gasteiger partial charge in [-0.2, -0.15) is 0 Å². The second-order valence-electron chi connectivity index (χ2n) is 4.11. The third-order valence-corrected chi connectivity index (χ3v) is 2.83. The fourth-order valence-corrected chi connectivity index (χ4v) is 1.81. The zero-order chi connectivity index (χ0) is 12.3. The molecule has 90 valence electrons. The summed E-state index contributed by atoms with van der Waals surface area (Å²) >= 11 is 6.02. The van der Waals surface area contributed by atoms with Crippen LogP contribution in [0.5, 0.6) is 5.75 Å². The molecule has 0 bridgehead atoms. The summed E-state index contributed by atoms with van der Waals surface area (Å²) in [6.45, 7) is 4.70. The van der Waals surface area contributed by atoms with Crippen molar-refractivity contribution in [1.29, 1.82) is 0 Å². The van der Waals surface area contributed by atoms with Gasteiger partial charge >= 0.3 is 0 Å². The van der Waals surface area contributed by atoms with Crippen molar-refractivity contribution in [3.63, 3.8) is 0 Å². The standard InChI is InChI=1S/C13H15ClN2O/c1-10(2)16-9-15-7-11(16)8-17-13-6-4-3-5-12(13)14/h3-7,9-10H,8H2,1-2H3. The minimum atomic E-state index is 0.377. The van der Waals surface area contributed by atoms with Crippen LogP contribution in [0.1, 0.15) is 25.6 Å². The molecular weight excluding hydrogens is 236 g/mol. The van der Waals surface area contributed by atoms with Crippen molar-refractivity contribution in [3.8, 4) is 5.75 Å². The number of hydrogen-bond donors (Lipinski definition) is 0. The third-order valence-electron chi connectivity index (χ3n) is 2.51. The monoisotopic (exact) mass is 250 g/mol. The van der Waals surface area contributed by atoms with Crippen LogP contribution in [0.4, 0.5) is 0 Å². The molecule has 4 heteroatoms. The highest BCUT2D eigenvalue weighted by Gasteiger charge is 2.07. The predicted octanol–water partition coefficient (Wildman–Crippen LogP) is 3.70. The lowest BCUT2D eigenvalue weighted by Gasteiger charge is -2.13. The molecule has 0 saturated heterocycles. The molecule has 0 spiro atoms. The van der Waals surface area contributed by atoms with Crippen LogP contribution in [-0.4, -0.2) is 9.55 Å². The van der Waals surface area contributed by atoms with E-state index in [0.29, 0.717) is 23.4 Å². The summed E-state index contributed by atoms with van der Waals surface area (Å²) in [7, 11) is 0. The number of para-hydroxylation sites is 1. The number of nitrogens with zero attached hydrogens (tertiary/aromatic N) is 2. The van der Waals surface area contributed by atoms with E-state index in [0.717, 1.165) is 5.69 Å². The van der Waals surface area contributed by atoms with E-state index in [1.165, 1.54) is 0 Å². The van der Waals surface area contributed by atoms with Crippen LogP contribution in [-0.2, 0) is 6.61 Å². The van der Waals surface area contributed by atoms with E-state index in [1.54, 1.807) is 0 Å². The SMILES string of the molecule is CC(C)n1cncc1COc1ccccc1Cl. The molecule has 0 N–H and O–H groups in total. The summed E-state index contributed by atoms with van der Waals surface area (Å²) in [6, 6.07) is 7.84. The van der Waals surface area contributed by atoms with Gasteiger partial charge in [0.05, 0.1) is 23.2 Å². The van der Waals surface area contributed by atoms with E-state index in [4.69, 9.17) is 16.3 Å². The van der Waals surface area contributed by atoms with Gasteiger partial charge in [0.1, 0.15) is 12.4 Å². The molecule has 0 atom stereocenters. The molecule has 3 nitrogen and oxygen atoms in total. The number of halogens is 1. The van der Waals surface area contributed by atoms with E-state index < -0.39 is 0 Å². The highest BCUT2D eigenvalue weighted by Crippen LogP contribution is 2.24. The van der Waals surface area contributed by atoms with E-state index in [9.17, 15) is 0 Å². The second-order valence-corrected chi connectivity index (χ2v) is 4.51. The summed E-state index contributed by atoms with van der Waals surface area (Å²) in [4.78, 5) is 4.13. The zero-order valence-corrected chi connectivity index (χ0v) is 10.7. The van der Waals surface area contributed by atoms with E-state index in [-0.39, 0.29) is 0 Å². The molecule has 0 aliphatic carbocycles. The van der Waals surface area contributed by atoms with Crippen molar-refractivity contribution in [2.24, 2.45) is 0 Å². The number of ether oxygens (including phenoxy) is 1. The summed E-state index contributed by atoms with van der Waals surface area (Å²) in [5, 5.41) is 0.628. The Labute approximate surface area is 106 Å². The van der Waals surface area contributed by atoms with Gasteiger partial charge in [0.15, 0.2) is 0 Å². The molecule has 0 saturated carbocycles. The van der Waals surface area contributed by atoms with Crippen molar-refractivity contribution >= 4 is 11.6 Å². The molecule has 0 radical (unpaired) electrons. The third kappa shape index (κ3) is 2.80. The normalized spacial score (nSPS) is 10.8. The Balaban J connectivity index is 2.08. The van der Waals surface area contributed by atoms with Crippen LogP contribution in [0.3, 0.4) is 0 Å². The summed E-state index contributed by atoms with van der Waals surface area (Å²) in [5.41, 5.74) is 1.04. The van der Waals surface area contributed by atoms with Crippen molar-refractivity contribution in [1.82, 2.24) is 9.55 Å². The van der Waals surface area contributed by atoms with Gasteiger partial charge in [0.25, 0.3) is 0 Å². The first kappa shape index (κ1) is 12.0. The largest absolute Gasteiger partial charge is 0.486 e. The van der Waals surface area contributed by atoms with Crippen molar-refractivity contribution < 1.29 is 4.74 Å². The lowest BCUT2D eigenvalue weighted by molar-refractivity contribution is 0.292. The molecular formula is C13H15ClN2O. The van der Waals surface area contributed by atoms with E-state index in [1.807, 2.05) is 36.8 Å². The maximum absolute atomic E-state index is 6.02. The molecule has 0 fully saturated rings. The van der Waals surface area contributed by atoms with Crippen molar-refractivity contribution in [2.75, 3.05) is 0 Å². The quantitative estimate of drug-likeness (QED) is 0.827. The first-order valence-corrected chi connectivity index (χ1v) is 5.94. The number of hydrogen-bond acceptors (Lipinski definition) is 2. The Bertz CT molecular complexity index is 494. The smallest absolute Gasteiger partial charge is 0.138 e. The molecule has 0 amide bonds. The molecule has 2 aromatic rings. The lowest BCUT2D eigenvalue weighted by atomic mass is 10.3. The molecule has 1 aromatic carbocycles. The van der Waals surface area contributed by atoms with Gasteiger partial charge in [-0.1, -0.05) is 23.7 Å². The van der Waals surface area contributed by atoms with Crippen LogP contribution >= 0.6 is 11.6 Å². The Hall–Kier alpha value is -1.48. The van der Waals surface area contributed by atoms with Gasteiger partial charge in [-0.05, 0) is 26.0 Å². The first-order chi connectivity index (χ1) is 8.18. The lowest BCUT2D eigenvalue weighted by Crippen LogP contribution is -2.07. The van der Waals surface area contributed by atoms with E-state index >= 15 is 0 Å². The first-order valence-electron chi connectivity index (χ1n) is 5.56. The van der Waals surface area contributed by atoms with Gasteiger partial charge in [-0.15, -0.1) is 0 Å². The van der Waals surface area contributed by atoms with Gasteiger partial charge in [-0.3, -0.25) is 0 Å². The van der Waals surface area contributed by atoms with Crippen LogP contribution in [0.2, 0.25) is 5.02 Å². The fourth-order valence-electron chi connectivity index (χ4n) is 1.62. The Morgan fingerprint density at radius 2 is 2.12 bits per heavy atom. The molecule has 17 heavy (non-hydrogen) atoms. The zero-order valence-electron chi connectivity index (χ0n) is 9.93. The van der Waals surface area contributed by atoms with Crippen molar-refractivity contribution in [3.05, 3.63) is 47.5 Å². The average molecular weight is 251 g/mol. The maximum Gasteiger partial charge on any atom is 0.138 e. The summed E-state index contributed by atoms with van der Waals surface area (Å²) < 4.78 is 7.76. The molecule has 1 heterocycles. The highest BCUT2D eigenvalue weighted by molar-refractivity contribution is 6.32. The van der Waals surface area contributed by atoms with Crippen LogP contribution < -0.4 is 4.74 Å². The van der Waals surface area contributed by atoms with Crippen LogP contribution in [0, 0.1) is 0 Å². The molecule has 0 aliphatic heterocycles. The molecule has 2 rings (SSSR count). The number of benzene rings is 1. The average Bonchev–Trinajstić information content (AvgIpc) is 2.76. The number of aromatic nitrogens is 2. The Morgan fingerprint density at radius 3 is 2.82 bits per heavy atom. The minimum Gasteiger partial charge on any atom is -0.486 e. The van der Waals surface area contributed by atoms with Gasteiger partial charge in [0, 0.05) is 6.04 Å². The fraction of sp³-hybridized carbons (Fsp3) is 0.308. The molecule has 0 unspecified atom stereocenters. The molecule has 1 aromatic heterocycles. The minimum absolute atomic E-state index is 0.377. The van der Waals surface area contributed by atoms with Gasteiger partial charge in [-0.25, -0.2) is 4.98 Å².